The molecule has 0 rings (SSSR count). The second kappa shape index (κ2) is 10.4. The van der Waals surface area contributed by atoms with Gasteiger partial charge in [-0.2, -0.15) is 0 Å². The number of nitrogens with one attached hydrogen (secondary N) is 1. The molecule has 0 radical (unpaired) electrons. The molecule has 8 nitrogen and oxygen atoms in total. The predicted molar refractivity (Wildman–Crippen MR) is 85.4 cm³/mol. The van der Waals surface area contributed by atoms with E-state index < -0.39 is 11.2 Å². The maximum absolute atomic E-state index is 11.8. The summed E-state index contributed by atoms with van der Waals surface area (Å²) in [7, 11) is 0. The van der Waals surface area contributed by atoms with Crippen LogP contribution in [0.1, 0.15) is 40.5 Å². The Balaban J connectivity index is 4.06. The van der Waals surface area contributed by atoms with E-state index >= 15 is 0 Å². The van der Waals surface area contributed by atoms with Crippen molar-refractivity contribution in [3.8, 4) is 0 Å². The van der Waals surface area contributed by atoms with Crippen LogP contribution < -0.4 is 11.1 Å². The molecular weight excluding hydrogens is 286 g/mol. The standard InChI is InChI=1S/C14H29N5O3/c1-13(2,22-11-14(3,4)21-9-6-15)10-12(20)17-7-5-8-18-19-16/h5-11,15H2,1-4H3,(H,17,20). The highest BCUT2D eigenvalue weighted by Gasteiger charge is 2.27. The SMILES string of the molecule is CC(C)(COC(C)(C)CC(=O)NCCCN=[N+]=[N-])OCCN. The van der Waals surface area contributed by atoms with Crippen molar-refractivity contribution in [2.45, 2.75) is 51.7 Å². The van der Waals surface area contributed by atoms with E-state index in [0.717, 1.165) is 0 Å². The highest BCUT2D eigenvalue weighted by molar-refractivity contribution is 5.76. The quantitative estimate of drug-likeness (QED) is 0.246. The number of rotatable bonds is 12. The Bertz CT molecular complexity index is 379. The largest absolute Gasteiger partial charge is 0.372 e. The normalized spacial score (nSPS) is 11.9. The number of hydrogen-bond donors (Lipinski definition) is 2. The molecule has 0 aliphatic heterocycles. The fourth-order valence-corrected chi connectivity index (χ4v) is 1.67. The monoisotopic (exact) mass is 315 g/mol. The first kappa shape index (κ1) is 20.7. The third kappa shape index (κ3) is 11.3. The van der Waals surface area contributed by atoms with Crippen molar-refractivity contribution in [1.29, 1.82) is 0 Å². The van der Waals surface area contributed by atoms with Crippen LogP contribution in [-0.4, -0.2) is 50.0 Å². The van der Waals surface area contributed by atoms with Crippen LogP contribution in [0.15, 0.2) is 5.11 Å². The second-order valence-electron chi connectivity index (χ2n) is 6.28. The van der Waals surface area contributed by atoms with Crippen molar-refractivity contribution in [2.24, 2.45) is 10.8 Å². The Labute approximate surface area is 132 Å². The molecule has 0 aliphatic rings. The van der Waals surface area contributed by atoms with Gasteiger partial charge in [-0.25, -0.2) is 0 Å². The average molecular weight is 315 g/mol. The van der Waals surface area contributed by atoms with E-state index in [1.807, 2.05) is 27.7 Å². The molecule has 0 aromatic carbocycles. The topological polar surface area (TPSA) is 122 Å². The van der Waals surface area contributed by atoms with Gasteiger partial charge in [-0.1, -0.05) is 5.11 Å². The Morgan fingerprint density at radius 1 is 1.27 bits per heavy atom. The Hall–Kier alpha value is -1.34. The minimum atomic E-state index is -0.585. The summed E-state index contributed by atoms with van der Waals surface area (Å²) >= 11 is 0. The van der Waals surface area contributed by atoms with Gasteiger partial charge in [0, 0.05) is 24.5 Å². The minimum Gasteiger partial charge on any atom is -0.372 e. The van der Waals surface area contributed by atoms with Gasteiger partial charge in [0.2, 0.25) is 5.91 Å². The van der Waals surface area contributed by atoms with Gasteiger partial charge >= 0.3 is 0 Å². The molecule has 0 aliphatic carbocycles. The maximum atomic E-state index is 11.8. The van der Waals surface area contributed by atoms with Gasteiger partial charge in [0.25, 0.3) is 0 Å². The number of azide groups is 1. The summed E-state index contributed by atoms with van der Waals surface area (Å²) in [4.78, 5) is 14.5. The first-order valence-electron chi connectivity index (χ1n) is 7.48. The summed E-state index contributed by atoms with van der Waals surface area (Å²) in [5.74, 6) is -0.0911. The number of carbonyl (C=O) groups excluding carboxylic acids is 1. The van der Waals surface area contributed by atoms with Gasteiger partial charge in [-0.3, -0.25) is 4.79 Å². The summed E-state index contributed by atoms with van der Waals surface area (Å²) in [6, 6.07) is 0. The molecule has 0 aromatic rings. The number of nitrogens with two attached hydrogens (primary N) is 1. The van der Waals surface area contributed by atoms with Crippen molar-refractivity contribution in [1.82, 2.24) is 5.32 Å². The van der Waals surface area contributed by atoms with Crippen LogP contribution in [0.3, 0.4) is 0 Å². The molecule has 128 valence electrons. The van der Waals surface area contributed by atoms with E-state index in [-0.39, 0.29) is 12.3 Å². The fourth-order valence-electron chi connectivity index (χ4n) is 1.67. The van der Waals surface area contributed by atoms with Gasteiger partial charge in [0.15, 0.2) is 0 Å². The Morgan fingerprint density at radius 3 is 2.55 bits per heavy atom. The molecule has 0 saturated heterocycles. The van der Waals surface area contributed by atoms with E-state index in [9.17, 15) is 4.79 Å². The number of hydrogen-bond acceptors (Lipinski definition) is 5. The van der Waals surface area contributed by atoms with Gasteiger partial charge in [-0.15, -0.1) is 0 Å². The number of nitrogens with zero attached hydrogens (tertiary/aromatic N) is 3. The lowest BCUT2D eigenvalue weighted by Crippen LogP contribution is -2.40. The number of amides is 1. The Morgan fingerprint density at radius 2 is 1.95 bits per heavy atom. The molecule has 0 aromatic heterocycles. The van der Waals surface area contributed by atoms with Crippen molar-refractivity contribution in [3.05, 3.63) is 10.4 Å². The zero-order valence-electron chi connectivity index (χ0n) is 14.1. The molecule has 0 saturated carbocycles. The van der Waals surface area contributed by atoms with Crippen molar-refractivity contribution < 1.29 is 14.3 Å². The van der Waals surface area contributed by atoms with Crippen molar-refractivity contribution in [3.63, 3.8) is 0 Å². The number of carbonyl (C=O) groups is 1. The second-order valence-corrected chi connectivity index (χ2v) is 6.28. The zero-order valence-corrected chi connectivity index (χ0v) is 14.1. The summed E-state index contributed by atoms with van der Waals surface area (Å²) in [5.41, 5.74) is 12.5. The van der Waals surface area contributed by atoms with Gasteiger partial charge in [0.05, 0.1) is 30.8 Å². The predicted octanol–water partition coefficient (Wildman–Crippen LogP) is 1.74. The summed E-state index contributed by atoms with van der Waals surface area (Å²) < 4.78 is 11.4. The van der Waals surface area contributed by atoms with Crippen molar-refractivity contribution in [2.75, 3.05) is 32.8 Å². The van der Waals surface area contributed by atoms with E-state index in [0.29, 0.717) is 39.3 Å². The molecule has 0 bridgehead atoms. The van der Waals surface area contributed by atoms with Crippen LogP contribution in [0.2, 0.25) is 0 Å². The molecule has 0 heterocycles. The first-order chi connectivity index (χ1) is 10.2. The average Bonchev–Trinajstić information content (AvgIpc) is 2.43. The third-order valence-corrected chi connectivity index (χ3v) is 2.83. The van der Waals surface area contributed by atoms with Crippen LogP contribution in [0.25, 0.3) is 10.4 Å². The first-order valence-corrected chi connectivity index (χ1v) is 7.48. The lowest BCUT2D eigenvalue weighted by Gasteiger charge is -2.31. The van der Waals surface area contributed by atoms with Crippen LogP contribution in [0, 0.1) is 0 Å². The third-order valence-electron chi connectivity index (χ3n) is 2.83. The zero-order chi connectivity index (χ0) is 17.1. The summed E-state index contributed by atoms with van der Waals surface area (Å²) in [6.07, 6.45) is 0.874. The summed E-state index contributed by atoms with van der Waals surface area (Å²) in [5, 5.41) is 6.19. The number of ether oxygens (including phenoxy) is 2. The molecule has 3 N–H and O–H groups in total. The summed E-state index contributed by atoms with van der Waals surface area (Å²) in [6.45, 7) is 9.76. The fraction of sp³-hybridized carbons (Fsp3) is 0.929. The molecule has 0 atom stereocenters. The van der Waals surface area contributed by atoms with Gasteiger partial charge in [0.1, 0.15) is 0 Å². The molecule has 0 unspecified atom stereocenters. The van der Waals surface area contributed by atoms with Gasteiger partial charge < -0.3 is 20.5 Å². The highest BCUT2D eigenvalue weighted by Crippen LogP contribution is 2.19. The van der Waals surface area contributed by atoms with Crippen LogP contribution in [-0.2, 0) is 14.3 Å². The van der Waals surface area contributed by atoms with E-state index in [2.05, 4.69) is 15.3 Å². The molecule has 1 amide bonds. The lowest BCUT2D eigenvalue weighted by molar-refractivity contribution is -0.138. The van der Waals surface area contributed by atoms with E-state index in [4.69, 9.17) is 20.7 Å². The van der Waals surface area contributed by atoms with Crippen molar-refractivity contribution >= 4 is 5.91 Å². The van der Waals surface area contributed by atoms with E-state index in [1.165, 1.54) is 0 Å². The lowest BCUT2D eigenvalue weighted by atomic mass is 10.0. The molecule has 22 heavy (non-hydrogen) atoms. The Kier molecular flexibility index (Phi) is 9.76. The van der Waals surface area contributed by atoms with Crippen LogP contribution in [0.4, 0.5) is 0 Å². The smallest absolute Gasteiger partial charge is 0.222 e. The molecule has 0 fully saturated rings. The van der Waals surface area contributed by atoms with Gasteiger partial charge in [-0.05, 0) is 39.6 Å². The minimum absolute atomic E-state index is 0.0911. The highest BCUT2D eigenvalue weighted by atomic mass is 16.6. The molecule has 8 heteroatoms. The van der Waals surface area contributed by atoms with E-state index in [1.54, 1.807) is 0 Å². The maximum Gasteiger partial charge on any atom is 0.222 e. The van der Waals surface area contributed by atoms with Crippen LogP contribution >= 0.6 is 0 Å². The molecular formula is C14H29N5O3. The molecule has 0 spiro atoms. The van der Waals surface area contributed by atoms with Crippen LogP contribution in [0.5, 0.6) is 0 Å².